The smallest absolute Gasteiger partial charge is 0.254 e. The fraction of sp³-hybridized carbons (Fsp3) is 0.579. The number of carbonyl (C=O) groups is 2. The lowest BCUT2D eigenvalue weighted by Gasteiger charge is -2.33. The molecule has 0 aliphatic carbocycles. The second kappa shape index (κ2) is 9.30. The molecule has 0 saturated carbocycles. The van der Waals surface area contributed by atoms with Crippen molar-refractivity contribution in [1.29, 1.82) is 0 Å². The van der Waals surface area contributed by atoms with E-state index in [0.29, 0.717) is 42.5 Å². The number of ether oxygens (including phenoxy) is 2. The molecule has 6 nitrogen and oxygen atoms in total. The zero-order chi connectivity index (χ0) is 18.2. The van der Waals surface area contributed by atoms with Crippen molar-refractivity contribution in [3.05, 3.63) is 23.8 Å². The van der Waals surface area contributed by atoms with Crippen LogP contribution < -0.4 is 14.8 Å². The maximum Gasteiger partial charge on any atom is 0.254 e. The largest absolute Gasteiger partial charge is 0.497 e. The number of hydrogen-bond donors (Lipinski definition) is 1. The van der Waals surface area contributed by atoms with Crippen molar-refractivity contribution < 1.29 is 19.1 Å². The Morgan fingerprint density at radius 3 is 2.48 bits per heavy atom. The molecule has 1 aliphatic heterocycles. The topological polar surface area (TPSA) is 67.9 Å². The molecule has 1 aromatic rings. The molecule has 0 spiro atoms. The third kappa shape index (κ3) is 5.37. The van der Waals surface area contributed by atoms with E-state index >= 15 is 0 Å². The predicted octanol–water partition coefficient (Wildman–Crippen LogP) is 2.47. The highest BCUT2D eigenvalue weighted by Gasteiger charge is 2.25. The van der Waals surface area contributed by atoms with Crippen LogP contribution in [0.5, 0.6) is 11.5 Å². The molecule has 0 aromatic heterocycles. The number of methoxy groups -OCH3 is 2. The standard InChI is InChI=1S/C19H28N2O4/c1-4-6-18(22)20-12-14-7-5-8-21(13-14)19(23)15-9-16(24-2)11-17(10-15)25-3/h9-11,14H,4-8,12-13H2,1-3H3,(H,20,22)/t14-/m0/s1. The van der Waals surface area contributed by atoms with Crippen molar-refractivity contribution >= 4 is 11.8 Å². The molecule has 0 unspecified atom stereocenters. The summed E-state index contributed by atoms with van der Waals surface area (Å²) in [5, 5.41) is 2.97. The lowest BCUT2D eigenvalue weighted by atomic mass is 9.97. The van der Waals surface area contributed by atoms with E-state index in [9.17, 15) is 9.59 Å². The Morgan fingerprint density at radius 2 is 1.88 bits per heavy atom. The Hall–Kier alpha value is -2.24. The first kappa shape index (κ1) is 19.1. The summed E-state index contributed by atoms with van der Waals surface area (Å²) >= 11 is 0. The molecule has 0 bridgehead atoms. The van der Waals surface area contributed by atoms with Crippen LogP contribution >= 0.6 is 0 Å². The fourth-order valence-corrected chi connectivity index (χ4v) is 3.10. The molecule has 1 atom stereocenters. The third-order valence-corrected chi connectivity index (χ3v) is 4.47. The highest BCUT2D eigenvalue weighted by atomic mass is 16.5. The summed E-state index contributed by atoms with van der Waals surface area (Å²) in [6.07, 6.45) is 3.37. The summed E-state index contributed by atoms with van der Waals surface area (Å²) in [7, 11) is 3.14. The summed E-state index contributed by atoms with van der Waals surface area (Å²) in [5.74, 6) is 1.56. The van der Waals surface area contributed by atoms with Crippen molar-refractivity contribution in [3.8, 4) is 11.5 Å². The molecule has 1 fully saturated rings. The van der Waals surface area contributed by atoms with Crippen LogP contribution in [0.2, 0.25) is 0 Å². The Labute approximate surface area is 149 Å². The molecular weight excluding hydrogens is 320 g/mol. The van der Waals surface area contributed by atoms with Gasteiger partial charge < -0.3 is 19.7 Å². The first-order valence-electron chi connectivity index (χ1n) is 8.86. The minimum Gasteiger partial charge on any atom is -0.497 e. The molecule has 1 saturated heterocycles. The summed E-state index contributed by atoms with van der Waals surface area (Å²) in [6, 6.07) is 5.22. The Bertz CT molecular complexity index is 581. The normalized spacial score (nSPS) is 17.1. The van der Waals surface area contributed by atoms with Gasteiger partial charge in [0.15, 0.2) is 0 Å². The first-order valence-corrected chi connectivity index (χ1v) is 8.86. The predicted molar refractivity (Wildman–Crippen MR) is 96.1 cm³/mol. The first-order chi connectivity index (χ1) is 12.1. The molecule has 25 heavy (non-hydrogen) atoms. The molecule has 1 aliphatic rings. The number of carbonyl (C=O) groups excluding carboxylic acids is 2. The number of nitrogens with one attached hydrogen (secondary N) is 1. The van der Waals surface area contributed by atoms with E-state index in [1.54, 1.807) is 32.4 Å². The van der Waals surface area contributed by atoms with Gasteiger partial charge in [-0.25, -0.2) is 0 Å². The zero-order valence-electron chi connectivity index (χ0n) is 15.3. The number of likely N-dealkylation sites (tertiary alicyclic amines) is 1. The number of hydrogen-bond acceptors (Lipinski definition) is 4. The molecule has 0 radical (unpaired) electrons. The van der Waals surface area contributed by atoms with E-state index in [0.717, 1.165) is 25.8 Å². The second-order valence-electron chi connectivity index (χ2n) is 6.41. The van der Waals surface area contributed by atoms with Gasteiger partial charge in [-0.3, -0.25) is 9.59 Å². The third-order valence-electron chi connectivity index (χ3n) is 4.47. The van der Waals surface area contributed by atoms with Gasteiger partial charge >= 0.3 is 0 Å². The highest BCUT2D eigenvalue weighted by Crippen LogP contribution is 2.25. The van der Waals surface area contributed by atoms with E-state index < -0.39 is 0 Å². The lowest BCUT2D eigenvalue weighted by Crippen LogP contribution is -2.43. The number of rotatable bonds is 7. The summed E-state index contributed by atoms with van der Waals surface area (Å²) in [5.41, 5.74) is 0.562. The van der Waals surface area contributed by atoms with Crippen molar-refractivity contribution in [1.82, 2.24) is 10.2 Å². The van der Waals surface area contributed by atoms with E-state index in [1.165, 1.54) is 0 Å². The second-order valence-corrected chi connectivity index (χ2v) is 6.41. The van der Waals surface area contributed by atoms with Crippen molar-refractivity contribution in [3.63, 3.8) is 0 Å². The average Bonchev–Trinajstić information content (AvgIpc) is 2.65. The zero-order valence-corrected chi connectivity index (χ0v) is 15.3. The molecule has 1 aromatic carbocycles. The van der Waals surface area contributed by atoms with Crippen LogP contribution in [0, 0.1) is 5.92 Å². The molecule has 2 rings (SSSR count). The van der Waals surface area contributed by atoms with Crippen LogP contribution in [0.4, 0.5) is 0 Å². The number of piperidine rings is 1. The van der Waals surface area contributed by atoms with E-state index in [-0.39, 0.29) is 11.8 Å². The summed E-state index contributed by atoms with van der Waals surface area (Å²) in [6.45, 7) is 4.01. The SMILES string of the molecule is CCCC(=O)NC[C@@H]1CCCN(C(=O)c2cc(OC)cc(OC)c2)C1. The van der Waals surface area contributed by atoms with Crippen LogP contribution in [-0.2, 0) is 4.79 Å². The van der Waals surface area contributed by atoms with Crippen molar-refractivity contribution in [2.45, 2.75) is 32.6 Å². The van der Waals surface area contributed by atoms with Gasteiger partial charge in [0.2, 0.25) is 5.91 Å². The van der Waals surface area contributed by atoms with Gasteiger partial charge in [0, 0.05) is 37.7 Å². The quantitative estimate of drug-likeness (QED) is 0.822. The van der Waals surface area contributed by atoms with Gasteiger partial charge in [0.1, 0.15) is 11.5 Å². The number of benzene rings is 1. The molecule has 6 heteroatoms. The van der Waals surface area contributed by atoms with Gasteiger partial charge in [0.05, 0.1) is 14.2 Å². The minimum absolute atomic E-state index is 0.0261. The van der Waals surface area contributed by atoms with Gasteiger partial charge in [0.25, 0.3) is 5.91 Å². The monoisotopic (exact) mass is 348 g/mol. The van der Waals surface area contributed by atoms with Gasteiger partial charge in [-0.2, -0.15) is 0 Å². The van der Waals surface area contributed by atoms with Gasteiger partial charge in [-0.05, 0) is 37.3 Å². The molecule has 1 N–H and O–H groups in total. The minimum atomic E-state index is -0.0261. The Morgan fingerprint density at radius 1 is 1.20 bits per heavy atom. The van der Waals surface area contributed by atoms with Crippen LogP contribution in [-0.4, -0.2) is 50.6 Å². The average molecular weight is 348 g/mol. The lowest BCUT2D eigenvalue weighted by molar-refractivity contribution is -0.121. The van der Waals surface area contributed by atoms with Gasteiger partial charge in [-0.1, -0.05) is 6.92 Å². The maximum atomic E-state index is 12.8. The van der Waals surface area contributed by atoms with Crippen molar-refractivity contribution in [2.24, 2.45) is 5.92 Å². The molecule has 1 heterocycles. The molecule has 138 valence electrons. The van der Waals surface area contributed by atoms with Crippen LogP contribution in [0.3, 0.4) is 0 Å². The van der Waals surface area contributed by atoms with E-state index in [2.05, 4.69) is 5.32 Å². The molecular formula is C19H28N2O4. The summed E-state index contributed by atoms with van der Waals surface area (Å²) in [4.78, 5) is 26.3. The van der Waals surface area contributed by atoms with Crippen LogP contribution in [0.25, 0.3) is 0 Å². The van der Waals surface area contributed by atoms with E-state index in [1.807, 2.05) is 11.8 Å². The number of nitrogens with zero attached hydrogens (tertiary/aromatic N) is 1. The van der Waals surface area contributed by atoms with Crippen LogP contribution in [0.1, 0.15) is 43.0 Å². The Balaban J connectivity index is 2.00. The molecule has 2 amide bonds. The van der Waals surface area contributed by atoms with Crippen molar-refractivity contribution in [2.75, 3.05) is 33.9 Å². The highest BCUT2D eigenvalue weighted by molar-refractivity contribution is 5.95. The Kier molecular flexibility index (Phi) is 7.10. The number of amides is 2. The maximum absolute atomic E-state index is 12.8. The van der Waals surface area contributed by atoms with Crippen LogP contribution in [0.15, 0.2) is 18.2 Å². The van der Waals surface area contributed by atoms with E-state index in [4.69, 9.17) is 9.47 Å². The fourth-order valence-electron chi connectivity index (χ4n) is 3.10. The van der Waals surface area contributed by atoms with Gasteiger partial charge in [-0.15, -0.1) is 0 Å². The summed E-state index contributed by atoms with van der Waals surface area (Å²) < 4.78 is 10.5.